The van der Waals surface area contributed by atoms with Gasteiger partial charge in [0, 0.05) is 5.92 Å². The quantitative estimate of drug-likeness (QED) is 0.755. The molecule has 17 heavy (non-hydrogen) atoms. The van der Waals surface area contributed by atoms with E-state index in [-0.39, 0.29) is 18.0 Å². The Labute approximate surface area is 106 Å². The Bertz CT molecular complexity index is 380. The van der Waals surface area contributed by atoms with Crippen LogP contribution in [-0.4, -0.2) is 19.0 Å². The van der Waals surface area contributed by atoms with Crippen molar-refractivity contribution in [2.75, 3.05) is 13.2 Å². The van der Waals surface area contributed by atoms with Gasteiger partial charge < -0.3 is 9.47 Å². The number of hydrogen-bond donors (Lipinski definition) is 0. The van der Waals surface area contributed by atoms with Gasteiger partial charge in [0.15, 0.2) is 12.1 Å². The summed E-state index contributed by atoms with van der Waals surface area (Å²) in [6, 6.07) is 3.83. The number of Topliss-reactive ketones (excluding diaryl/α,β-unsaturated/α-hetero) is 1. The molecular weight excluding hydrogens is 236 g/mol. The largest absolute Gasteiger partial charge is 0.345 e. The molecule has 0 radical (unpaired) electrons. The van der Waals surface area contributed by atoms with Gasteiger partial charge in [0.25, 0.3) is 0 Å². The Hall–Kier alpha value is -0.710. The fourth-order valence-corrected chi connectivity index (χ4v) is 3.00. The SMILES string of the molecule is CCCC(C)C(=O)c1ccc(C2OCCO2)s1. The Balaban J connectivity index is 2.04. The van der Waals surface area contributed by atoms with Crippen molar-refractivity contribution in [2.45, 2.75) is 33.0 Å². The van der Waals surface area contributed by atoms with E-state index in [0.717, 1.165) is 22.6 Å². The summed E-state index contributed by atoms with van der Waals surface area (Å²) in [5.41, 5.74) is 0. The summed E-state index contributed by atoms with van der Waals surface area (Å²) >= 11 is 1.49. The van der Waals surface area contributed by atoms with Crippen LogP contribution in [0.15, 0.2) is 12.1 Å². The van der Waals surface area contributed by atoms with Crippen molar-refractivity contribution >= 4 is 17.1 Å². The first-order valence-electron chi connectivity index (χ1n) is 6.09. The number of rotatable bonds is 5. The molecule has 1 fully saturated rings. The summed E-state index contributed by atoms with van der Waals surface area (Å²) < 4.78 is 10.8. The van der Waals surface area contributed by atoms with Crippen LogP contribution in [0.4, 0.5) is 0 Å². The molecule has 3 nitrogen and oxygen atoms in total. The van der Waals surface area contributed by atoms with Crippen molar-refractivity contribution in [3.63, 3.8) is 0 Å². The number of hydrogen-bond acceptors (Lipinski definition) is 4. The van der Waals surface area contributed by atoms with Crippen molar-refractivity contribution in [3.8, 4) is 0 Å². The van der Waals surface area contributed by atoms with E-state index in [0.29, 0.717) is 13.2 Å². The molecule has 1 aliphatic rings. The summed E-state index contributed by atoms with van der Waals surface area (Å²) in [7, 11) is 0. The molecule has 0 spiro atoms. The van der Waals surface area contributed by atoms with E-state index in [1.807, 2.05) is 19.1 Å². The number of ether oxygens (including phenoxy) is 2. The van der Waals surface area contributed by atoms with Crippen LogP contribution in [0, 0.1) is 5.92 Å². The average molecular weight is 254 g/mol. The maximum atomic E-state index is 12.1. The number of carbonyl (C=O) groups excluding carboxylic acids is 1. The van der Waals surface area contributed by atoms with E-state index in [1.54, 1.807) is 0 Å². The molecule has 0 bridgehead atoms. The van der Waals surface area contributed by atoms with Crippen molar-refractivity contribution in [2.24, 2.45) is 5.92 Å². The monoisotopic (exact) mass is 254 g/mol. The molecule has 0 amide bonds. The van der Waals surface area contributed by atoms with Crippen LogP contribution in [0.5, 0.6) is 0 Å². The van der Waals surface area contributed by atoms with Gasteiger partial charge in [-0.25, -0.2) is 0 Å². The molecule has 1 unspecified atom stereocenters. The van der Waals surface area contributed by atoms with Gasteiger partial charge in [-0.05, 0) is 18.6 Å². The lowest BCUT2D eigenvalue weighted by Gasteiger charge is -2.07. The van der Waals surface area contributed by atoms with Gasteiger partial charge in [-0.2, -0.15) is 0 Å². The predicted octanol–water partition coefficient (Wildman–Crippen LogP) is 3.41. The van der Waals surface area contributed by atoms with Crippen molar-refractivity contribution in [1.29, 1.82) is 0 Å². The minimum atomic E-state index is -0.261. The van der Waals surface area contributed by atoms with Crippen LogP contribution in [0.3, 0.4) is 0 Å². The molecule has 4 heteroatoms. The maximum Gasteiger partial charge on any atom is 0.193 e. The second-order valence-corrected chi connectivity index (χ2v) is 5.44. The van der Waals surface area contributed by atoms with E-state index in [1.165, 1.54) is 11.3 Å². The van der Waals surface area contributed by atoms with Crippen LogP contribution in [0.1, 0.15) is 47.5 Å². The standard InChI is InChI=1S/C13H18O3S/c1-3-4-9(2)12(14)10-5-6-11(17-10)13-15-7-8-16-13/h5-6,9,13H,3-4,7-8H2,1-2H3. The third-order valence-corrected chi connectivity index (χ3v) is 4.01. The second-order valence-electron chi connectivity index (χ2n) is 4.33. The summed E-state index contributed by atoms with van der Waals surface area (Å²) in [5.74, 6) is 0.345. The lowest BCUT2D eigenvalue weighted by molar-refractivity contribution is -0.0413. The highest BCUT2D eigenvalue weighted by molar-refractivity contribution is 7.14. The van der Waals surface area contributed by atoms with E-state index < -0.39 is 0 Å². The molecule has 1 atom stereocenters. The fraction of sp³-hybridized carbons (Fsp3) is 0.615. The van der Waals surface area contributed by atoms with Crippen molar-refractivity contribution in [3.05, 3.63) is 21.9 Å². The Kier molecular flexibility index (Phi) is 4.31. The van der Waals surface area contributed by atoms with Crippen LogP contribution in [0.25, 0.3) is 0 Å². The first-order chi connectivity index (χ1) is 8.22. The normalized spacial score (nSPS) is 18.5. The van der Waals surface area contributed by atoms with E-state index in [2.05, 4.69) is 6.92 Å². The van der Waals surface area contributed by atoms with E-state index >= 15 is 0 Å². The lowest BCUT2D eigenvalue weighted by Crippen LogP contribution is -2.09. The van der Waals surface area contributed by atoms with Gasteiger partial charge in [-0.3, -0.25) is 4.79 Å². The van der Waals surface area contributed by atoms with E-state index in [4.69, 9.17) is 9.47 Å². The summed E-state index contributed by atoms with van der Waals surface area (Å²) in [4.78, 5) is 13.9. The van der Waals surface area contributed by atoms with Crippen molar-refractivity contribution < 1.29 is 14.3 Å². The molecule has 0 N–H and O–H groups in total. The van der Waals surface area contributed by atoms with Gasteiger partial charge in [0.2, 0.25) is 0 Å². The Morgan fingerprint density at radius 2 is 2.18 bits per heavy atom. The second kappa shape index (κ2) is 5.76. The molecule has 1 aromatic heterocycles. The molecule has 2 rings (SSSR count). The van der Waals surface area contributed by atoms with Gasteiger partial charge in [-0.15, -0.1) is 11.3 Å². The molecule has 0 aliphatic carbocycles. The Morgan fingerprint density at radius 3 is 2.82 bits per heavy atom. The molecule has 1 aromatic rings. The summed E-state index contributed by atoms with van der Waals surface area (Å²) in [6.07, 6.45) is 1.73. The first-order valence-corrected chi connectivity index (χ1v) is 6.91. The third kappa shape index (κ3) is 2.94. The minimum Gasteiger partial charge on any atom is -0.345 e. The third-order valence-electron chi connectivity index (χ3n) is 2.89. The van der Waals surface area contributed by atoms with Crippen LogP contribution >= 0.6 is 11.3 Å². The fourth-order valence-electron chi connectivity index (χ4n) is 1.94. The molecule has 2 heterocycles. The number of thiophene rings is 1. The number of carbonyl (C=O) groups is 1. The zero-order valence-electron chi connectivity index (χ0n) is 10.3. The smallest absolute Gasteiger partial charge is 0.193 e. The highest BCUT2D eigenvalue weighted by Crippen LogP contribution is 2.31. The zero-order valence-corrected chi connectivity index (χ0v) is 11.1. The van der Waals surface area contributed by atoms with Gasteiger partial charge in [-0.1, -0.05) is 20.3 Å². The molecular formula is C13H18O3S. The van der Waals surface area contributed by atoms with Crippen LogP contribution in [0.2, 0.25) is 0 Å². The summed E-state index contributed by atoms with van der Waals surface area (Å²) in [5, 5.41) is 0. The van der Waals surface area contributed by atoms with Gasteiger partial charge >= 0.3 is 0 Å². The Morgan fingerprint density at radius 1 is 1.47 bits per heavy atom. The van der Waals surface area contributed by atoms with Gasteiger partial charge in [0.05, 0.1) is 23.0 Å². The molecule has 0 aromatic carbocycles. The maximum absolute atomic E-state index is 12.1. The zero-order chi connectivity index (χ0) is 12.3. The molecule has 0 saturated carbocycles. The molecule has 94 valence electrons. The topological polar surface area (TPSA) is 35.5 Å². The highest BCUT2D eigenvalue weighted by atomic mass is 32.1. The summed E-state index contributed by atoms with van der Waals surface area (Å²) in [6.45, 7) is 5.37. The van der Waals surface area contributed by atoms with Crippen LogP contribution in [-0.2, 0) is 9.47 Å². The lowest BCUT2D eigenvalue weighted by atomic mass is 10.0. The first kappa shape index (κ1) is 12.7. The molecule has 1 aliphatic heterocycles. The predicted molar refractivity (Wildman–Crippen MR) is 67.4 cm³/mol. The highest BCUT2D eigenvalue weighted by Gasteiger charge is 2.23. The van der Waals surface area contributed by atoms with Crippen LogP contribution < -0.4 is 0 Å². The van der Waals surface area contributed by atoms with Crippen molar-refractivity contribution in [1.82, 2.24) is 0 Å². The minimum absolute atomic E-state index is 0.108. The van der Waals surface area contributed by atoms with E-state index in [9.17, 15) is 4.79 Å². The van der Waals surface area contributed by atoms with Gasteiger partial charge in [0.1, 0.15) is 0 Å². The number of ketones is 1. The molecule has 1 saturated heterocycles. The average Bonchev–Trinajstić information content (AvgIpc) is 2.98.